The number of aromatic nitrogens is 3. The molecule has 0 aliphatic heterocycles. The van der Waals surface area contributed by atoms with Gasteiger partial charge in [-0.05, 0) is 36.1 Å². The van der Waals surface area contributed by atoms with Crippen molar-refractivity contribution in [3.8, 4) is 16.3 Å². The molecule has 0 saturated carbocycles. The number of imidazole rings is 1. The molecule has 3 heterocycles. The zero-order valence-corrected chi connectivity index (χ0v) is 13.8. The Bertz CT molecular complexity index is 1060. The quantitative estimate of drug-likeness (QED) is 0.548. The molecule has 3 aromatic heterocycles. The van der Waals surface area contributed by atoms with Crippen LogP contribution >= 0.6 is 22.9 Å². The second-order valence-corrected chi connectivity index (χ2v) is 6.60. The lowest BCUT2D eigenvalue weighted by atomic mass is 10.2. The number of nitrogens with zero attached hydrogens (tertiary/aromatic N) is 3. The predicted molar refractivity (Wildman–Crippen MR) is 93.8 cm³/mol. The van der Waals surface area contributed by atoms with E-state index in [1.54, 1.807) is 32.6 Å². The average Bonchev–Trinajstić information content (AvgIpc) is 3.19. The van der Waals surface area contributed by atoms with Gasteiger partial charge in [-0.25, -0.2) is 4.98 Å². The summed E-state index contributed by atoms with van der Waals surface area (Å²) in [6.07, 6.45) is 5.43. The van der Waals surface area contributed by atoms with Crippen molar-refractivity contribution in [3.05, 3.63) is 75.2 Å². The Hall–Kier alpha value is -2.37. The van der Waals surface area contributed by atoms with Crippen LogP contribution in [0.4, 0.5) is 0 Å². The maximum absolute atomic E-state index is 12.7. The molecule has 0 aliphatic rings. The molecule has 0 spiro atoms. The Morgan fingerprint density at radius 3 is 2.83 bits per heavy atom. The molecule has 0 radical (unpaired) electrons. The lowest BCUT2D eigenvalue weighted by Gasteiger charge is -2.07. The third kappa shape index (κ3) is 2.38. The van der Waals surface area contributed by atoms with E-state index in [0.717, 1.165) is 21.8 Å². The summed E-state index contributed by atoms with van der Waals surface area (Å²) in [6.45, 7) is 1.93. The van der Waals surface area contributed by atoms with E-state index in [0.29, 0.717) is 10.7 Å². The zero-order chi connectivity index (χ0) is 16.0. The molecular formula is C17H12ClN3OS. The Labute approximate surface area is 141 Å². The summed E-state index contributed by atoms with van der Waals surface area (Å²) in [5.41, 5.74) is 2.73. The predicted octanol–water partition coefficient (Wildman–Crippen LogP) is 4.18. The first kappa shape index (κ1) is 14.2. The molecule has 0 fully saturated rings. The molecule has 6 heteroatoms. The van der Waals surface area contributed by atoms with Gasteiger partial charge in [-0.15, -0.1) is 11.3 Å². The highest BCUT2D eigenvalue weighted by atomic mass is 35.5. The SMILES string of the molecule is Cc1ccc(-n2ccn3cc(-c4cccs4)nc3c2=O)cc1Cl. The second-order valence-electron chi connectivity index (χ2n) is 5.24. The Kier molecular flexibility index (Phi) is 3.32. The fourth-order valence-corrected chi connectivity index (χ4v) is 3.31. The van der Waals surface area contributed by atoms with Gasteiger partial charge in [0.1, 0.15) is 0 Å². The van der Waals surface area contributed by atoms with Crippen molar-refractivity contribution in [1.29, 1.82) is 0 Å². The van der Waals surface area contributed by atoms with Crippen LogP contribution in [0.25, 0.3) is 21.9 Å². The van der Waals surface area contributed by atoms with E-state index < -0.39 is 0 Å². The highest BCUT2D eigenvalue weighted by Crippen LogP contribution is 2.23. The van der Waals surface area contributed by atoms with Crippen molar-refractivity contribution in [3.63, 3.8) is 0 Å². The minimum absolute atomic E-state index is 0.171. The normalized spacial score (nSPS) is 11.2. The number of fused-ring (bicyclic) bond motifs is 1. The highest BCUT2D eigenvalue weighted by Gasteiger charge is 2.11. The van der Waals surface area contributed by atoms with E-state index >= 15 is 0 Å². The minimum Gasteiger partial charge on any atom is -0.300 e. The molecule has 1 aromatic carbocycles. The molecule has 0 aliphatic carbocycles. The van der Waals surface area contributed by atoms with Crippen LogP contribution in [0.15, 0.2) is 59.1 Å². The van der Waals surface area contributed by atoms with Gasteiger partial charge >= 0.3 is 0 Å². The van der Waals surface area contributed by atoms with Gasteiger partial charge in [-0.2, -0.15) is 0 Å². The van der Waals surface area contributed by atoms with Gasteiger partial charge in [-0.3, -0.25) is 9.36 Å². The smallest absolute Gasteiger partial charge is 0.298 e. The third-order valence-corrected chi connectivity index (χ3v) is 5.03. The van der Waals surface area contributed by atoms with Crippen LogP contribution in [-0.2, 0) is 0 Å². The number of aryl methyl sites for hydroxylation is 1. The third-order valence-electron chi connectivity index (χ3n) is 3.73. The molecule has 114 valence electrons. The van der Waals surface area contributed by atoms with Gasteiger partial charge in [0.25, 0.3) is 5.56 Å². The average molecular weight is 342 g/mol. The molecule has 4 aromatic rings. The van der Waals surface area contributed by atoms with Crippen LogP contribution in [-0.4, -0.2) is 14.0 Å². The zero-order valence-electron chi connectivity index (χ0n) is 12.2. The molecule has 0 atom stereocenters. The topological polar surface area (TPSA) is 39.3 Å². The summed E-state index contributed by atoms with van der Waals surface area (Å²) in [7, 11) is 0. The van der Waals surface area contributed by atoms with E-state index in [4.69, 9.17) is 11.6 Å². The molecule has 4 nitrogen and oxygen atoms in total. The van der Waals surface area contributed by atoms with Crippen molar-refractivity contribution < 1.29 is 0 Å². The first-order valence-corrected chi connectivity index (χ1v) is 8.30. The molecule has 0 unspecified atom stereocenters. The number of rotatable bonds is 2. The standard InChI is InChI=1S/C17H12ClN3OS/c1-11-4-5-12(9-13(11)18)21-7-6-20-10-14(15-3-2-8-23-15)19-16(20)17(21)22/h2-10H,1H3. The van der Waals surface area contributed by atoms with Crippen molar-refractivity contribution in [2.45, 2.75) is 6.92 Å². The van der Waals surface area contributed by atoms with Crippen LogP contribution in [0.5, 0.6) is 0 Å². The van der Waals surface area contributed by atoms with Crippen LogP contribution in [0.1, 0.15) is 5.56 Å². The highest BCUT2D eigenvalue weighted by molar-refractivity contribution is 7.13. The number of hydrogen-bond donors (Lipinski definition) is 0. The van der Waals surface area contributed by atoms with Crippen molar-refractivity contribution in [2.75, 3.05) is 0 Å². The molecule has 23 heavy (non-hydrogen) atoms. The van der Waals surface area contributed by atoms with E-state index in [-0.39, 0.29) is 5.56 Å². The van der Waals surface area contributed by atoms with Crippen LogP contribution in [0.3, 0.4) is 0 Å². The van der Waals surface area contributed by atoms with Crippen LogP contribution < -0.4 is 5.56 Å². The van der Waals surface area contributed by atoms with E-state index in [2.05, 4.69) is 4.98 Å². The van der Waals surface area contributed by atoms with E-state index in [1.807, 2.05) is 49.0 Å². The lowest BCUT2D eigenvalue weighted by Crippen LogP contribution is -2.19. The summed E-state index contributed by atoms with van der Waals surface area (Å²) >= 11 is 7.77. The van der Waals surface area contributed by atoms with Gasteiger partial charge in [-0.1, -0.05) is 23.7 Å². The van der Waals surface area contributed by atoms with Crippen molar-refractivity contribution >= 4 is 28.6 Å². The Morgan fingerprint density at radius 2 is 2.09 bits per heavy atom. The molecule has 0 bridgehead atoms. The largest absolute Gasteiger partial charge is 0.300 e. The lowest BCUT2D eigenvalue weighted by molar-refractivity contribution is 0.949. The van der Waals surface area contributed by atoms with Gasteiger partial charge in [0.2, 0.25) is 5.65 Å². The maximum atomic E-state index is 12.7. The Morgan fingerprint density at radius 1 is 1.22 bits per heavy atom. The fourth-order valence-electron chi connectivity index (χ4n) is 2.46. The number of hydrogen-bond acceptors (Lipinski definition) is 3. The van der Waals surface area contributed by atoms with Crippen molar-refractivity contribution in [1.82, 2.24) is 14.0 Å². The summed E-state index contributed by atoms with van der Waals surface area (Å²) in [5, 5.41) is 2.63. The first-order valence-electron chi connectivity index (χ1n) is 7.04. The molecule has 0 amide bonds. The second kappa shape index (κ2) is 5.37. The number of benzene rings is 1. The summed E-state index contributed by atoms with van der Waals surface area (Å²) in [4.78, 5) is 18.3. The minimum atomic E-state index is -0.171. The number of thiophene rings is 1. The van der Waals surface area contributed by atoms with E-state index in [1.165, 1.54) is 0 Å². The van der Waals surface area contributed by atoms with Gasteiger partial charge in [0, 0.05) is 23.6 Å². The molecule has 0 N–H and O–H groups in total. The summed E-state index contributed by atoms with van der Waals surface area (Å²) in [6, 6.07) is 9.53. The van der Waals surface area contributed by atoms with E-state index in [9.17, 15) is 4.79 Å². The monoisotopic (exact) mass is 341 g/mol. The van der Waals surface area contributed by atoms with Gasteiger partial charge in [0.15, 0.2) is 0 Å². The Balaban J connectivity index is 1.91. The van der Waals surface area contributed by atoms with Crippen LogP contribution in [0.2, 0.25) is 5.02 Å². The van der Waals surface area contributed by atoms with Crippen LogP contribution in [0, 0.1) is 6.92 Å². The first-order chi connectivity index (χ1) is 11.1. The summed E-state index contributed by atoms with van der Waals surface area (Å²) < 4.78 is 3.32. The summed E-state index contributed by atoms with van der Waals surface area (Å²) in [5.74, 6) is 0. The number of halogens is 1. The molecule has 0 saturated heterocycles. The molecule has 4 rings (SSSR count). The molecular weight excluding hydrogens is 330 g/mol. The van der Waals surface area contributed by atoms with Crippen molar-refractivity contribution in [2.24, 2.45) is 0 Å². The van der Waals surface area contributed by atoms with Gasteiger partial charge in [0.05, 0.1) is 16.3 Å². The maximum Gasteiger partial charge on any atom is 0.298 e. The fraction of sp³-hybridized carbons (Fsp3) is 0.0588. The van der Waals surface area contributed by atoms with Gasteiger partial charge < -0.3 is 4.40 Å².